The fourth-order valence-electron chi connectivity index (χ4n) is 2.38. The predicted molar refractivity (Wildman–Crippen MR) is 83.2 cm³/mol. The van der Waals surface area contributed by atoms with E-state index in [4.69, 9.17) is 4.74 Å². The van der Waals surface area contributed by atoms with Crippen LogP contribution in [0.4, 0.5) is 0 Å². The van der Waals surface area contributed by atoms with Crippen LogP contribution in [0.2, 0.25) is 0 Å². The summed E-state index contributed by atoms with van der Waals surface area (Å²) in [6.45, 7) is 0. The zero-order valence-corrected chi connectivity index (χ0v) is 12.6. The highest BCUT2D eigenvalue weighted by molar-refractivity contribution is 5.86. The summed E-state index contributed by atoms with van der Waals surface area (Å²) in [6, 6.07) is 13.3. The van der Waals surface area contributed by atoms with Gasteiger partial charge in [-0.25, -0.2) is 0 Å². The molecule has 1 aromatic heterocycles. The Balaban J connectivity index is 2.00. The fraction of sp³-hybridized carbons (Fsp3) is 0.278. The maximum absolute atomic E-state index is 12.2. The van der Waals surface area contributed by atoms with Gasteiger partial charge < -0.3 is 4.74 Å². The van der Waals surface area contributed by atoms with Gasteiger partial charge >= 0.3 is 5.97 Å². The second-order valence-electron chi connectivity index (χ2n) is 5.18. The third-order valence-electron chi connectivity index (χ3n) is 3.48. The Labute approximate surface area is 130 Å². The second kappa shape index (κ2) is 8.08. The third-order valence-corrected chi connectivity index (χ3v) is 3.48. The lowest BCUT2D eigenvalue weighted by Gasteiger charge is -2.14. The Bertz CT molecular complexity index is 611. The Hall–Kier alpha value is -2.49. The predicted octanol–water partition coefficient (Wildman–Crippen LogP) is 2.62. The molecule has 2 rings (SSSR count). The normalized spacial score (nSPS) is 11.7. The first-order valence-corrected chi connectivity index (χ1v) is 7.21. The molecule has 0 saturated heterocycles. The van der Waals surface area contributed by atoms with Gasteiger partial charge in [0.15, 0.2) is 0 Å². The van der Waals surface area contributed by atoms with E-state index in [1.807, 2.05) is 42.5 Å². The molecule has 0 spiro atoms. The molecule has 0 unspecified atom stereocenters. The van der Waals surface area contributed by atoms with E-state index in [2.05, 4.69) is 4.98 Å². The standard InChI is InChI=1S/C18H19NO3/c1-22-18(21)16(11-14-5-3-2-4-6-14)13-17(20)12-15-7-9-19-10-8-15/h2-10,16H,11-13H2,1H3/t16-/m1/s1. The van der Waals surface area contributed by atoms with Crippen molar-refractivity contribution in [3.63, 3.8) is 0 Å². The maximum atomic E-state index is 12.2. The number of rotatable bonds is 7. The Morgan fingerprint density at radius 1 is 1.05 bits per heavy atom. The van der Waals surface area contributed by atoms with Crippen LogP contribution < -0.4 is 0 Å². The third kappa shape index (κ3) is 4.81. The first kappa shape index (κ1) is 15.9. The van der Waals surface area contributed by atoms with Gasteiger partial charge in [0.2, 0.25) is 0 Å². The molecule has 1 atom stereocenters. The van der Waals surface area contributed by atoms with Crippen molar-refractivity contribution in [2.24, 2.45) is 5.92 Å². The first-order valence-electron chi connectivity index (χ1n) is 7.21. The number of ether oxygens (including phenoxy) is 1. The molecule has 0 aliphatic carbocycles. The number of aromatic nitrogens is 1. The minimum absolute atomic E-state index is 0.0255. The first-order chi connectivity index (χ1) is 10.7. The Morgan fingerprint density at radius 3 is 2.36 bits per heavy atom. The van der Waals surface area contributed by atoms with E-state index in [1.165, 1.54) is 7.11 Å². The maximum Gasteiger partial charge on any atom is 0.309 e. The van der Waals surface area contributed by atoms with Crippen LogP contribution in [0.3, 0.4) is 0 Å². The lowest BCUT2D eigenvalue weighted by atomic mass is 9.92. The van der Waals surface area contributed by atoms with Crippen molar-refractivity contribution in [3.8, 4) is 0 Å². The fourth-order valence-corrected chi connectivity index (χ4v) is 2.38. The largest absolute Gasteiger partial charge is 0.469 e. The lowest BCUT2D eigenvalue weighted by molar-refractivity contribution is -0.147. The van der Waals surface area contributed by atoms with Crippen LogP contribution in [0.25, 0.3) is 0 Å². The molecule has 22 heavy (non-hydrogen) atoms. The molecule has 0 aliphatic rings. The number of nitrogens with zero attached hydrogens (tertiary/aromatic N) is 1. The molecule has 4 heteroatoms. The van der Waals surface area contributed by atoms with Gasteiger partial charge in [-0.1, -0.05) is 30.3 Å². The highest BCUT2D eigenvalue weighted by Crippen LogP contribution is 2.16. The molecule has 0 amide bonds. The summed E-state index contributed by atoms with van der Waals surface area (Å²) in [5, 5.41) is 0. The highest BCUT2D eigenvalue weighted by atomic mass is 16.5. The Morgan fingerprint density at radius 2 is 1.73 bits per heavy atom. The van der Waals surface area contributed by atoms with Crippen molar-refractivity contribution in [2.75, 3.05) is 7.11 Å². The number of methoxy groups -OCH3 is 1. The number of hydrogen-bond donors (Lipinski definition) is 0. The Kier molecular flexibility index (Phi) is 5.83. The van der Waals surface area contributed by atoms with Crippen molar-refractivity contribution >= 4 is 11.8 Å². The number of ketones is 1. The molecule has 1 heterocycles. The molecule has 0 saturated carbocycles. The molecule has 0 N–H and O–H groups in total. The van der Waals surface area contributed by atoms with E-state index in [1.54, 1.807) is 12.4 Å². The topological polar surface area (TPSA) is 56.3 Å². The minimum Gasteiger partial charge on any atom is -0.469 e. The number of esters is 1. The number of pyridine rings is 1. The zero-order valence-electron chi connectivity index (χ0n) is 12.6. The van der Waals surface area contributed by atoms with Crippen LogP contribution in [-0.2, 0) is 27.2 Å². The van der Waals surface area contributed by atoms with E-state index in [0.717, 1.165) is 11.1 Å². The van der Waals surface area contributed by atoms with E-state index in [9.17, 15) is 9.59 Å². The molecular weight excluding hydrogens is 278 g/mol. The van der Waals surface area contributed by atoms with Gasteiger partial charge in [0.1, 0.15) is 5.78 Å². The molecule has 1 aromatic carbocycles. The van der Waals surface area contributed by atoms with Crippen LogP contribution in [-0.4, -0.2) is 23.8 Å². The average Bonchev–Trinajstić information content (AvgIpc) is 2.55. The molecule has 114 valence electrons. The zero-order chi connectivity index (χ0) is 15.8. The summed E-state index contributed by atoms with van der Waals surface area (Å²) in [5.74, 6) is -0.758. The number of hydrogen-bond acceptors (Lipinski definition) is 4. The van der Waals surface area contributed by atoms with Gasteiger partial charge in [0, 0.05) is 25.2 Å². The van der Waals surface area contributed by atoms with Crippen LogP contribution in [0.15, 0.2) is 54.9 Å². The molecule has 0 fully saturated rings. The van der Waals surface area contributed by atoms with Crippen molar-refractivity contribution in [1.82, 2.24) is 4.98 Å². The summed E-state index contributed by atoms with van der Waals surface area (Å²) in [7, 11) is 1.35. The van der Waals surface area contributed by atoms with Crippen molar-refractivity contribution < 1.29 is 14.3 Å². The quantitative estimate of drug-likeness (QED) is 0.737. The van der Waals surface area contributed by atoms with Crippen LogP contribution in [0.5, 0.6) is 0 Å². The number of Topliss-reactive ketones (excluding diaryl/α,β-unsaturated/α-hetero) is 1. The molecular formula is C18H19NO3. The molecule has 2 aromatic rings. The number of benzene rings is 1. The molecule has 4 nitrogen and oxygen atoms in total. The van der Waals surface area contributed by atoms with Crippen LogP contribution >= 0.6 is 0 Å². The van der Waals surface area contributed by atoms with Crippen LogP contribution in [0.1, 0.15) is 17.5 Å². The van der Waals surface area contributed by atoms with Crippen molar-refractivity contribution in [3.05, 3.63) is 66.0 Å². The monoisotopic (exact) mass is 297 g/mol. The molecule has 0 aliphatic heterocycles. The smallest absolute Gasteiger partial charge is 0.309 e. The summed E-state index contributed by atoms with van der Waals surface area (Å²) >= 11 is 0. The van der Waals surface area contributed by atoms with E-state index in [-0.39, 0.29) is 18.2 Å². The van der Waals surface area contributed by atoms with E-state index < -0.39 is 5.92 Å². The van der Waals surface area contributed by atoms with Crippen molar-refractivity contribution in [2.45, 2.75) is 19.3 Å². The van der Waals surface area contributed by atoms with E-state index in [0.29, 0.717) is 12.8 Å². The van der Waals surface area contributed by atoms with Gasteiger partial charge in [0.05, 0.1) is 13.0 Å². The summed E-state index contributed by atoms with van der Waals surface area (Å²) < 4.78 is 4.83. The minimum atomic E-state index is -0.443. The van der Waals surface area contributed by atoms with E-state index >= 15 is 0 Å². The highest BCUT2D eigenvalue weighted by Gasteiger charge is 2.23. The lowest BCUT2D eigenvalue weighted by Crippen LogP contribution is -2.23. The second-order valence-corrected chi connectivity index (χ2v) is 5.18. The van der Waals surface area contributed by atoms with Gasteiger partial charge in [-0.3, -0.25) is 14.6 Å². The van der Waals surface area contributed by atoms with Crippen molar-refractivity contribution in [1.29, 1.82) is 0 Å². The molecule has 0 radical (unpaired) electrons. The van der Waals surface area contributed by atoms with Gasteiger partial charge in [-0.2, -0.15) is 0 Å². The van der Waals surface area contributed by atoms with Gasteiger partial charge in [-0.15, -0.1) is 0 Å². The molecule has 0 bridgehead atoms. The van der Waals surface area contributed by atoms with Crippen LogP contribution in [0, 0.1) is 5.92 Å². The van der Waals surface area contributed by atoms with Gasteiger partial charge in [-0.05, 0) is 29.7 Å². The van der Waals surface area contributed by atoms with Gasteiger partial charge in [0.25, 0.3) is 0 Å². The summed E-state index contributed by atoms with van der Waals surface area (Å²) in [5.41, 5.74) is 1.93. The summed E-state index contributed by atoms with van der Waals surface area (Å²) in [6.07, 6.45) is 4.32. The summed E-state index contributed by atoms with van der Waals surface area (Å²) in [4.78, 5) is 28.1. The average molecular weight is 297 g/mol. The SMILES string of the molecule is COC(=O)[C@@H](CC(=O)Cc1ccncc1)Cc1ccccc1. The number of carbonyl (C=O) groups is 2. The number of carbonyl (C=O) groups excluding carboxylic acids is 2.